The lowest BCUT2D eigenvalue weighted by molar-refractivity contribution is -0.142. The van der Waals surface area contributed by atoms with Gasteiger partial charge in [0.25, 0.3) is 5.91 Å². The molecule has 0 aliphatic heterocycles. The average molecular weight is 356 g/mol. The Bertz CT molecular complexity index is 788. The molecule has 0 saturated heterocycles. The number of fused-ring (bicyclic) bond motifs is 1. The Morgan fingerprint density at radius 2 is 1.81 bits per heavy atom. The third kappa shape index (κ3) is 5.58. The molecule has 0 radical (unpaired) electrons. The number of unbranched alkanes of at least 4 members (excludes halogenated alkanes) is 1. The zero-order valence-electron chi connectivity index (χ0n) is 14.8. The Balaban J connectivity index is 1.82. The highest BCUT2D eigenvalue weighted by Crippen LogP contribution is 2.15. The van der Waals surface area contributed by atoms with E-state index in [-0.39, 0.29) is 24.8 Å². The monoisotopic (exact) mass is 356 g/mol. The molecule has 26 heavy (non-hydrogen) atoms. The second-order valence-corrected chi connectivity index (χ2v) is 6.17. The number of carbonyl (C=O) groups excluding carboxylic acids is 2. The first-order valence-electron chi connectivity index (χ1n) is 8.80. The third-order valence-electron chi connectivity index (χ3n) is 4.13. The van der Waals surface area contributed by atoms with Crippen molar-refractivity contribution in [2.75, 3.05) is 6.54 Å². The van der Waals surface area contributed by atoms with Crippen molar-refractivity contribution in [3.05, 3.63) is 48.0 Å². The summed E-state index contributed by atoms with van der Waals surface area (Å²) in [6.07, 6.45) is 2.04. The van der Waals surface area contributed by atoms with E-state index in [2.05, 4.69) is 10.6 Å². The number of aliphatic carboxylic acids is 1. The molecule has 138 valence electrons. The number of nitrogens with one attached hydrogen (secondary N) is 2. The highest BCUT2D eigenvalue weighted by atomic mass is 16.4. The lowest BCUT2D eigenvalue weighted by Gasteiger charge is -2.14. The van der Waals surface area contributed by atoms with Crippen LogP contribution < -0.4 is 10.6 Å². The molecule has 2 rings (SSSR count). The molecule has 2 aromatic rings. The standard InChI is InChI=1S/C20H24N2O4/c1-2-3-8-17(20(25)26)22-18(23)11-12-21-19(24)16-10-9-14-6-4-5-7-15(14)13-16/h4-7,9-10,13,17H,2-3,8,11-12H2,1H3,(H,21,24)(H,22,23)(H,25,26). The molecule has 1 atom stereocenters. The fourth-order valence-electron chi connectivity index (χ4n) is 2.65. The summed E-state index contributed by atoms with van der Waals surface area (Å²) in [5.74, 6) is -1.68. The lowest BCUT2D eigenvalue weighted by Crippen LogP contribution is -2.41. The summed E-state index contributed by atoms with van der Waals surface area (Å²) in [5.41, 5.74) is 0.524. The molecule has 0 aliphatic carbocycles. The Labute approximate surface area is 152 Å². The maximum atomic E-state index is 12.2. The molecule has 2 aromatic carbocycles. The first kappa shape index (κ1) is 19.4. The van der Waals surface area contributed by atoms with Gasteiger partial charge in [0.1, 0.15) is 6.04 Å². The molecule has 0 fully saturated rings. The van der Waals surface area contributed by atoms with E-state index >= 15 is 0 Å². The van der Waals surface area contributed by atoms with E-state index in [0.717, 1.165) is 23.6 Å². The topological polar surface area (TPSA) is 95.5 Å². The molecular weight excluding hydrogens is 332 g/mol. The summed E-state index contributed by atoms with van der Waals surface area (Å²) >= 11 is 0. The van der Waals surface area contributed by atoms with Crippen molar-refractivity contribution in [3.8, 4) is 0 Å². The summed E-state index contributed by atoms with van der Waals surface area (Å²) < 4.78 is 0. The van der Waals surface area contributed by atoms with Crippen molar-refractivity contribution in [3.63, 3.8) is 0 Å². The molecule has 3 N–H and O–H groups in total. The first-order valence-corrected chi connectivity index (χ1v) is 8.80. The minimum atomic E-state index is -1.04. The Hall–Kier alpha value is -2.89. The molecule has 0 saturated carbocycles. The van der Waals surface area contributed by atoms with E-state index < -0.39 is 12.0 Å². The fraction of sp³-hybridized carbons (Fsp3) is 0.350. The minimum absolute atomic E-state index is 0.0369. The highest BCUT2D eigenvalue weighted by molar-refractivity contribution is 5.98. The molecule has 1 unspecified atom stereocenters. The van der Waals surface area contributed by atoms with Crippen LogP contribution >= 0.6 is 0 Å². The van der Waals surface area contributed by atoms with Crippen LogP contribution in [0.1, 0.15) is 43.0 Å². The van der Waals surface area contributed by atoms with Crippen LogP contribution in [0.15, 0.2) is 42.5 Å². The van der Waals surface area contributed by atoms with E-state index in [1.54, 1.807) is 12.1 Å². The van der Waals surface area contributed by atoms with Crippen LogP contribution in [-0.4, -0.2) is 35.5 Å². The van der Waals surface area contributed by atoms with Crippen molar-refractivity contribution in [1.82, 2.24) is 10.6 Å². The van der Waals surface area contributed by atoms with Crippen molar-refractivity contribution in [2.24, 2.45) is 0 Å². The lowest BCUT2D eigenvalue weighted by atomic mass is 10.1. The van der Waals surface area contributed by atoms with E-state index in [4.69, 9.17) is 5.11 Å². The number of hydrogen-bond donors (Lipinski definition) is 3. The Kier molecular flexibility index (Phi) is 7.14. The second kappa shape index (κ2) is 9.56. The summed E-state index contributed by atoms with van der Waals surface area (Å²) in [7, 11) is 0. The smallest absolute Gasteiger partial charge is 0.326 e. The largest absolute Gasteiger partial charge is 0.480 e. The van der Waals surface area contributed by atoms with Crippen LogP contribution in [0.5, 0.6) is 0 Å². The van der Waals surface area contributed by atoms with E-state index in [9.17, 15) is 14.4 Å². The van der Waals surface area contributed by atoms with Gasteiger partial charge in [-0.25, -0.2) is 4.79 Å². The molecule has 0 aliphatic rings. The molecule has 6 nitrogen and oxygen atoms in total. The molecule has 0 bridgehead atoms. The number of carboxylic acids is 1. The summed E-state index contributed by atoms with van der Waals surface area (Å²) in [6.45, 7) is 2.11. The van der Waals surface area contributed by atoms with Gasteiger partial charge >= 0.3 is 5.97 Å². The quantitative estimate of drug-likeness (QED) is 0.644. The van der Waals surface area contributed by atoms with Crippen molar-refractivity contribution in [2.45, 2.75) is 38.6 Å². The van der Waals surface area contributed by atoms with Crippen molar-refractivity contribution in [1.29, 1.82) is 0 Å². The zero-order chi connectivity index (χ0) is 18.9. The van der Waals surface area contributed by atoms with Crippen molar-refractivity contribution >= 4 is 28.6 Å². The zero-order valence-corrected chi connectivity index (χ0v) is 14.8. The van der Waals surface area contributed by atoms with Gasteiger partial charge in [0.05, 0.1) is 0 Å². The molecule has 0 aromatic heterocycles. The second-order valence-electron chi connectivity index (χ2n) is 6.17. The molecule has 2 amide bonds. The van der Waals surface area contributed by atoms with Crippen LogP contribution in [0.25, 0.3) is 10.8 Å². The minimum Gasteiger partial charge on any atom is -0.480 e. The van der Waals surface area contributed by atoms with Gasteiger partial charge < -0.3 is 15.7 Å². The van der Waals surface area contributed by atoms with Crippen LogP contribution in [0, 0.1) is 0 Å². The maximum Gasteiger partial charge on any atom is 0.326 e. The van der Waals surface area contributed by atoms with Gasteiger partial charge in [0.2, 0.25) is 5.91 Å². The van der Waals surface area contributed by atoms with Gasteiger partial charge in [-0.2, -0.15) is 0 Å². The van der Waals surface area contributed by atoms with Gasteiger partial charge in [0, 0.05) is 18.5 Å². The maximum absolute atomic E-state index is 12.2. The number of hydrogen-bond acceptors (Lipinski definition) is 3. The van der Waals surface area contributed by atoms with Gasteiger partial charge in [0.15, 0.2) is 0 Å². The number of carboxylic acid groups (broad SMARTS) is 1. The third-order valence-corrected chi connectivity index (χ3v) is 4.13. The predicted molar refractivity (Wildman–Crippen MR) is 100.0 cm³/mol. The normalized spacial score (nSPS) is 11.7. The first-order chi connectivity index (χ1) is 12.5. The molecule has 0 heterocycles. The summed E-state index contributed by atoms with van der Waals surface area (Å²) in [6, 6.07) is 12.3. The Morgan fingerprint density at radius 3 is 2.50 bits per heavy atom. The molecular formula is C20H24N2O4. The van der Waals surface area contributed by atoms with Gasteiger partial charge in [-0.05, 0) is 29.3 Å². The van der Waals surface area contributed by atoms with Crippen molar-refractivity contribution < 1.29 is 19.5 Å². The van der Waals surface area contributed by atoms with Gasteiger partial charge in [-0.1, -0.05) is 50.1 Å². The molecule has 6 heteroatoms. The number of carbonyl (C=O) groups is 3. The number of amides is 2. The fourth-order valence-corrected chi connectivity index (χ4v) is 2.65. The number of benzene rings is 2. The highest BCUT2D eigenvalue weighted by Gasteiger charge is 2.19. The van der Waals surface area contributed by atoms with Crippen LogP contribution in [-0.2, 0) is 9.59 Å². The van der Waals surface area contributed by atoms with Crippen LogP contribution in [0.4, 0.5) is 0 Å². The van der Waals surface area contributed by atoms with Crippen LogP contribution in [0.3, 0.4) is 0 Å². The summed E-state index contributed by atoms with van der Waals surface area (Å²) in [5, 5.41) is 16.3. The van der Waals surface area contributed by atoms with Crippen LogP contribution in [0.2, 0.25) is 0 Å². The van der Waals surface area contributed by atoms with E-state index in [1.807, 2.05) is 37.3 Å². The SMILES string of the molecule is CCCCC(NC(=O)CCNC(=O)c1ccc2ccccc2c1)C(=O)O. The Morgan fingerprint density at radius 1 is 1.08 bits per heavy atom. The molecule has 0 spiro atoms. The van der Waals surface area contributed by atoms with E-state index in [1.165, 1.54) is 0 Å². The van der Waals surface area contributed by atoms with Gasteiger partial charge in [-0.15, -0.1) is 0 Å². The van der Waals surface area contributed by atoms with Gasteiger partial charge in [-0.3, -0.25) is 9.59 Å². The predicted octanol–water partition coefficient (Wildman–Crippen LogP) is 2.72. The average Bonchev–Trinajstić information content (AvgIpc) is 2.64. The number of rotatable bonds is 9. The summed E-state index contributed by atoms with van der Waals surface area (Å²) in [4.78, 5) is 35.2. The van der Waals surface area contributed by atoms with E-state index in [0.29, 0.717) is 12.0 Å².